The summed E-state index contributed by atoms with van der Waals surface area (Å²) in [5, 5.41) is 9.63. The number of rotatable bonds is 4. The first-order chi connectivity index (χ1) is 6.66. The predicted molar refractivity (Wildman–Crippen MR) is 56.6 cm³/mol. The third-order valence-electron chi connectivity index (χ3n) is 2.59. The maximum atomic E-state index is 10.2. The van der Waals surface area contributed by atoms with Gasteiger partial charge in [0, 0.05) is 6.42 Å². The molecule has 0 saturated carbocycles. The Labute approximate surface area is 84.6 Å². The van der Waals surface area contributed by atoms with Crippen molar-refractivity contribution in [2.24, 2.45) is 0 Å². The highest BCUT2D eigenvalue weighted by molar-refractivity contribution is 5.49. The summed E-state index contributed by atoms with van der Waals surface area (Å²) in [6, 6.07) is 3.63. The fraction of sp³-hybridized carbons (Fsp3) is 0.417. The lowest BCUT2D eigenvalue weighted by atomic mass is 9.98. The Kier molecular flexibility index (Phi) is 3.69. The molecule has 0 unspecified atom stereocenters. The fourth-order valence-electron chi connectivity index (χ4n) is 1.54. The van der Waals surface area contributed by atoms with Crippen molar-refractivity contribution in [2.45, 2.75) is 33.1 Å². The molecule has 1 aromatic carbocycles. The van der Waals surface area contributed by atoms with E-state index in [1.165, 1.54) is 5.56 Å². The van der Waals surface area contributed by atoms with Gasteiger partial charge in [-0.2, -0.15) is 0 Å². The van der Waals surface area contributed by atoms with Gasteiger partial charge in [0.25, 0.3) is 0 Å². The van der Waals surface area contributed by atoms with Crippen molar-refractivity contribution in [3.63, 3.8) is 0 Å². The number of phenols is 1. The van der Waals surface area contributed by atoms with E-state index in [0.717, 1.165) is 30.3 Å². The summed E-state index contributed by atoms with van der Waals surface area (Å²) in [7, 11) is 0. The second kappa shape index (κ2) is 4.80. The number of phenolic OH excluding ortho intramolecular Hbond substituents is 1. The van der Waals surface area contributed by atoms with Crippen LogP contribution in [0.5, 0.6) is 5.75 Å². The molecule has 0 aliphatic heterocycles. The van der Waals surface area contributed by atoms with Crippen molar-refractivity contribution in [1.29, 1.82) is 0 Å². The summed E-state index contributed by atoms with van der Waals surface area (Å²) < 4.78 is 0. The molecule has 0 spiro atoms. The zero-order valence-electron chi connectivity index (χ0n) is 8.71. The highest BCUT2D eigenvalue weighted by Crippen LogP contribution is 2.25. The SMILES string of the molecule is Cc1ccc(O)c(CCCC=O)c1C. The van der Waals surface area contributed by atoms with Gasteiger partial charge in [-0.05, 0) is 49.4 Å². The van der Waals surface area contributed by atoms with E-state index in [9.17, 15) is 9.90 Å². The van der Waals surface area contributed by atoms with Gasteiger partial charge in [-0.1, -0.05) is 6.07 Å². The standard InChI is InChI=1S/C12H16O2/c1-9-6-7-12(14)11(10(9)2)5-3-4-8-13/h6-8,14H,3-5H2,1-2H3. The van der Waals surface area contributed by atoms with Gasteiger partial charge in [-0.25, -0.2) is 0 Å². The van der Waals surface area contributed by atoms with E-state index in [4.69, 9.17) is 0 Å². The molecule has 2 nitrogen and oxygen atoms in total. The number of unbranched alkanes of at least 4 members (excludes halogenated alkanes) is 1. The largest absolute Gasteiger partial charge is 0.508 e. The van der Waals surface area contributed by atoms with Crippen LogP contribution in [0.1, 0.15) is 29.5 Å². The van der Waals surface area contributed by atoms with Gasteiger partial charge in [-0.15, -0.1) is 0 Å². The van der Waals surface area contributed by atoms with Crippen LogP contribution in [0.2, 0.25) is 0 Å². The molecule has 0 amide bonds. The van der Waals surface area contributed by atoms with Crippen LogP contribution in [0.4, 0.5) is 0 Å². The Morgan fingerprint density at radius 3 is 2.71 bits per heavy atom. The average Bonchev–Trinajstić information content (AvgIpc) is 2.18. The van der Waals surface area contributed by atoms with Crippen LogP contribution in [0, 0.1) is 13.8 Å². The number of aldehydes is 1. The third kappa shape index (κ3) is 2.34. The summed E-state index contributed by atoms with van der Waals surface area (Å²) in [4.78, 5) is 10.2. The number of aryl methyl sites for hydroxylation is 1. The van der Waals surface area contributed by atoms with E-state index in [1.54, 1.807) is 6.07 Å². The van der Waals surface area contributed by atoms with Gasteiger partial charge in [0.2, 0.25) is 0 Å². The molecule has 0 heterocycles. The van der Waals surface area contributed by atoms with Crippen LogP contribution in [-0.2, 0) is 11.2 Å². The number of hydrogen-bond donors (Lipinski definition) is 1. The smallest absolute Gasteiger partial charge is 0.120 e. The molecule has 0 bridgehead atoms. The van der Waals surface area contributed by atoms with E-state index in [-0.39, 0.29) is 0 Å². The molecule has 0 aromatic heterocycles. The van der Waals surface area contributed by atoms with Gasteiger partial charge in [0.15, 0.2) is 0 Å². The van der Waals surface area contributed by atoms with Gasteiger partial charge in [0.05, 0.1) is 0 Å². The monoisotopic (exact) mass is 192 g/mol. The van der Waals surface area contributed by atoms with E-state index in [0.29, 0.717) is 12.2 Å². The molecular formula is C12H16O2. The Bertz CT molecular complexity index is 329. The minimum Gasteiger partial charge on any atom is -0.508 e. The summed E-state index contributed by atoms with van der Waals surface area (Å²) in [6.07, 6.45) is 3.06. The zero-order valence-corrected chi connectivity index (χ0v) is 8.71. The van der Waals surface area contributed by atoms with Crippen LogP contribution in [0.15, 0.2) is 12.1 Å². The fourth-order valence-corrected chi connectivity index (χ4v) is 1.54. The highest BCUT2D eigenvalue weighted by Gasteiger charge is 2.06. The number of hydrogen-bond acceptors (Lipinski definition) is 2. The second-order valence-electron chi connectivity index (χ2n) is 3.56. The number of aromatic hydroxyl groups is 1. The number of benzene rings is 1. The molecule has 14 heavy (non-hydrogen) atoms. The molecule has 0 atom stereocenters. The molecule has 76 valence electrons. The van der Waals surface area contributed by atoms with Crippen molar-refractivity contribution < 1.29 is 9.90 Å². The summed E-state index contributed by atoms with van der Waals surface area (Å²) in [5.41, 5.74) is 3.30. The van der Waals surface area contributed by atoms with Gasteiger partial charge in [-0.3, -0.25) is 0 Å². The minimum absolute atomic E-state index is 0.346. The van der Waals surface area contributed by atoms with Crippen LogP contribution in [0.25, 0.3) is 0 Å². The maximum absolute atomic E-state index is 10.2. The van der Waals surface area contributed by atoms with Gasteiger partial charge in [0.1, 0.15) is 12.0 Å². The van der Waals surface area contributed by atoms with Crippen LogP contribution in [0.3, 0.4) is 0 Å². The van der Waals surface area contributed by atoms with Gasteiger partial charge >= 0.3 is 0 Å². The molecule has 1 aromatic rings. The van der Waals surface area contributed by atoms with Crippen LogP contribution in [-0.4, -0.2) is 11.4 Å². The molecule has 2 heteroatoms. The maximum Gasteiger partial charge on any atom is 0.120 e. The first-order valence-corrected chi connectivity index (χ1v) is 4.88. The van der Waals surface area contributed by atoms with E-state index >= 15 is 0 Å². The molecule has 1 rings (SSSR count). The average molecular weight is 192 g/mol. The Balaban J connectivity index is 2.83. The Morgan fingerprint density at radius 2 is 2.07 bits per heavy atom. The first kappa shape index (κ1) is 10.8. The van der Waals surface area contributed by atoms with Crippen molar-refractivity contribution in [3.05, 3.63) is 28.8 Å². The lowest BCUT2D eigenvalue weighted by Crippen LogP contribution is -1.94. The highest BCUT2D eigenvalue weighted by atomic mass is 16.3. The summed E-state index contributed by atoms with van der Waals surface area (Å²) in [5.74, 6) is 0.346. The lowest BCUT2D eigenvalue weighted by molar-refractivity contribution is -0.107. The molecule has 1 N–H and O–H groups in total. The van der Waals surface area contributed by atoms with E-state index in [1.807, 2.05) is 19.9 Å². The molecule has 0 aliphatic carbocycles. The molecule has 0 fully saturated rings. The molecule has 0 aliphatic rings. The van der Waals surface area contributed by atoms with Crippen molar-refractivity contribution in [1.82, 2.24) is 0 Å². The second-order valence-corrected chi connectivity index (χ2v) is 3.56. The van der Waals surface area contributed by atoms with Crippen LogP contribution < -0.4 is 0 Å². The molecular weight excluding hydrogens is 176 g/mol. The van der Waals surface area contributed by atoms with Crippen molar-refractivity contribution in [2.75, 3.05) is 0 Å². The number of carbonyl (C=O) groups excluding carboxylic acids is 1. The van der Waals surface area contributed by atoms with Crippen molar-refractivity contribution in [3.8, 4) is 5.75 Å². The summed E-state index contributed by atoms with van der Waals surface area (Å²) >= 11 is 0. The molecule has 0 saturated heterocycles. The lowest BCUT2D eigenvalue weighted by Gasteiger charge is -2.09. The Hall–Kier alpha value is -1.31. The van der Waals surface area contributed by atoms with E-state index in [2.05, 4.69) is 0 Å². The third-order valence-corrected chi connectivity index (χ3v) is 2.59. The van der Waals surface area contributed by atoms with Crippen LogP contribution >= 0.6 is 0 Å². The van der Waals surface area contributed by atoms with Crippen molar-refractivity contribution >= 4 is 6.29 Å². The number of carbonyl (C=O) groups is 1. The predicted octanol–water partition coefficient (Wildman–Crippen LogP) is 2.53. The Morgan fingerprint density at radius 1 is 1.36 bits per heavy atom. The first-order valence-electron chi connectivity index (χ1n) is 4.88. The quantitative estimate of drug-likeness (QED) is 0.588. The summed E-state index contributed by atoms with van der Waals surface area (Å²) in [6.45, 7) is 4.03. The molecule has 0 radical (unpaired) electrons. The topological polar surface area (TPSA) is 37.3 Å². The normalized spacial score (nSPS) is 10.1. The van der Waals surface area contributed by atoms with E-state index < -0.39 is 0 Å². The van der Waals surface area contributed by atoms with Gasteiger partial charge < -0.3 is 9.90 Å². The minimum atomic E-state index is 0.346. The zero-order chi connectivity index (χ0) is 10.6.